The molecule has 0 amide bonds. The summed E-state index contributed by atoms with van der Waals surface area (Å²) < 4.78 is 22.3. The zero-order valence-electron chi connectivity index (χ0n) is 11.8. The first-order chi connectivity index (χ1) is 9.85. The molecule has 9 heteroatoms. The van der Waals surface area contributed by atoms with Gasteiger partial charge in [-0.15, -0.1) is 0 Å². The molecule has 0 aliphatic carbocycles. The second kappa shape index (κ2) is 6.35. The molecule has 0 unspecified atom stereocenters. The van der Waals surface area contributed by atoms with Gasteiger partial charge in [-0.2, -0.15) is 0 Å². The molecular weight excluding hydrogens is 296 g/mol. The van der Waals surface area contributed by atoms with Crippen LogP contribution in [0.1, 0.15) is 0 Å². The molecule has 1 aromatic heterocycles. The minimum atomic E-state index is -2.93. The molecule has 1 saturated heterocycles. The van der Waals surface area contributed by atoms with Crippen LogP contribution in [0.5, 0.6) is 0 Å². The maximum absolute atomic E-state index is 11.1. The number of aromatic nitrogens is 1. The number of hydrogen-bond acceptors (Lipinski definition) is 7. The Balaban J connectivity index is 1.87. The molecule has 2 rings (SSSR count). The van der Waals surface area contributed by atoms with Crippen molar-refractivity contribution in [3.8, 4) is 0 Å². The van der Waals surface area contributed by atoms with E-state index in [4.69, 9.17) is 0 Å². The van der Waals surface area contributed by atoms with Crippen molar-refractivity contribution in [3.05, 3.63) is 28.4 Å². The molecule has 21 heavy (non-hydrogen) atoms. The summed E-state index contributed by atoms with van der Waals surface area (Å²) in [5.74, 6) is 0.881. The number of piperazine rings is 1. The number of pyridine rings is 1. The van der Waals surface area contributed by atoms with E-state index < -0.39 is 14.8 Å². The summed E-state index contributed by atoms with van der Waals surface area (Å²) in [6, 6.07) is 3.09. The minimum Gasteiger partial charge on any atom is -0.354 e. The standard InChI is InChI=1S/C12H18N4O4S/c1-21(19,20)9-8-14-4-6-15(7-5-14)12-3-2-11(10-13-12)16(17)18/h2-3,10H,4-9H2,1H3. The average molecular weight is 314 g/mol. The van der Waals surface area contributed by atoms with Crippen LogP contribution in [0.3, 0.4) is 0 Å². The third-order valence-electron chi connectivity index (χ3n) is 3.42. The van der Waals surface area contributed by atoms with Gasteiger partial charge in [0.2, 0.25) is 0 Å². The summed E-state index contributed by atoms with van der Waals surface area (Å²) in [7, 11) is -2.93. The van der Waals surface area contributed by atoms with Crippen LogP contribution in [0.15, 0.2) is 18.3 Å². The lowest BCUT2D eigenvalue weighted by Crippen LogP contribution is -2.47. The molecule has 0 aromatic carbocycles. The predicted octanol–water partition coefficient (Wildman–Crippen LogP) is 0.156. The van der Waals surface area contributed by atoms with Crippen molar-refractivity contribution in [2.75, 3.05) is 49.6 Å². The lowest BCUT2D eigenvalue weighted by Gasteiger charge is -2.35. The van der Waals surface area contributed by atoms with E-state index in [1.165, 1.54) is 18.5 Å². The lowest BCUT2D eigenvalue weighted by molar-refractivity contribution is -0.385. The van der Waals surface area contributed by atoms with Gasteiger partial charge in [0.05, 0.1) is 10.7 Å². The molecule has 2 heterocycles. The topological polar surface area (TPSA) is 96.7 Å². The van der Waals surface area contributed by atoms with Gasteiger partial charge < -0.3 is 4.90 Å². The van der Waals surface area contributed by atoms with Gasteiger partial charge in [0.1, 0.15) is 21.9 Å². The SMILES string of the molecule is CS(=O)(=O)CCN1CCN(c2ccc([N+](=O)[O-])cn2)CC1. The van der Waals surface area contributed by atoms with Gasteiger partial charge in [-0.25, -0.2) is 13.4 Å². The number of nitro groups is 1. The molecule has 0 radical (unpaired) electrons. The molecular formula is C12H18N4O4S. The molecule has 1 aromatic rings. The number of rotatable bonds is 5. The quantitative estimate of drug-likeness (QED) is 0.564. The zero-order valence-corrected chi connectivity index (χ0v) is 12.6. The molecule has 0 spiro atoms. The highest BCUT2D eigenvalue weighted by Crippen LogP contribution is 2.17. The molecule has 0 bridgehead atoms. The third-order valence-corrected chi connectivity index (χ3v) is 4.34. The van der Waals surface area contributed by atoms with Gasteiger partial charge in [-0.05, 0) is 6.07 Å². The van der Waals surface area contributed by atoms with Crippen LogP contribution in [0.4, 0.5) is 11.5 Å². The summed E-state index contributed by atoms with van der Waals surface area (Å²) in [4.78, 5) is 18.4. The number of hydrogen-bond donors (Lipinski definition) is 0. The second-order valence-electron chi connectivity index (χ2n) is 5.09. The summed E-state index contributed by atoms with van der Waals surface area (Å²) in [5, 5.41) is 10.6. The van der Waals surface area contributed by atoms with Gasteiger partial charge in [-0.3, -0.25) is 15.0 Å². The largest absolute Gasteiger partial charge is 0.354 e. The highest BCUT2D eigenvalue weighted by molar-refractivity contribution is 7.90. The van der Waals surface area contributed by atoms with E-state index in [2.05, 4.69) is 9.88 Å². The Morgan fingerprint density at radius 3 is 2.43 bits per heavy atom. The van der Waals surface area contributed by atoms with E-state index in [-0.39, 0.29) is 11.4 Å². The number of nitrogens with zero attached hydrogens (tertiary/aromatic N) is 4. The molecule has 0 N–H and O–H groups in total. The highest BCUT2D eigenvalue weighted by Gasteiger charge is 2.19. The first-order valence-corrected chi connectivity index (χ1v) is 8.67. The predicted molar refractivity (Wildman–Crippen MR) is 79.3 cm³/mol. The fourth-order valence-corrected chi connectivity index (χ4v) is 2.76. The maximum atomic E-state index is 11.1. The fraction of sp³-hybridized carbons (Fsp3) is 0.583. The summed E-state index contributed by atoms with van der Waals surface area (Å²) in [5.41, 5.74) is -0.0226. The van der Waals surface area contributed by atoms with Crippen LogP contribution in [-0.2, 0) is 9.84 Å². The third kappa shape index (κ3) is 4.64. The fourth-order valence-electron chi connectivity index (χ4n) is 2.17. The Morgan fingerprint density at radius 2 is 1.95 bits per heavy atom. The normalized spacial score (nSPS) is 16.9. The van der Waals surface area contributed by atoms with E-state index in [9.17, 15) is 18.5 Å². The molecule has 0 saturated carbocycles. The van der Waals surface area contributed by atoms with E-state index >= 15 is 0 Å². The van der Waals surface area contributed by atoms with E-state index in [1.54, 1.807) is 6.07 Å². The van der Waals surface area contributed by atoms with Crippen LogP contribution in [0.2, 0.25) is 0 Å². The van der Waals surface area contributed by atoms with Crippen molar-refractivity contribution < 1.29 is 13.3 Å². The molecule has 8 nitrogen and oxygen atoms in total. The van der Waals surface area contributed by atoms with Crippen LogP contribution >= 0.6 is 0 Å². The smallest absolute Gasteiger partial charge is 0.287 e. The number of anilines is 1. The first-order valence-electron chi connectivity index (χ1n) is 6.60. The van der Waals surface area contributed by atoms with Crippen LogP contribution in [0.25, 0.3) is 0 Å². The van der Waals surface area contributed by atoms with E-state index in [0.717, 1.165) is 26.2 Å². The molecule has 1 aliphatic rings. The van der Waals surface area contributed by atoms with Crippen molar-refractivity contribution in [2.24, 2.45) is 0 Å². The Labute approximate surface area is 123 Å². The summed E-state index contributed by atoms with van der Waals surface area (Å²) >= 11 is 0. The highest BCUT2D eigenvalue weighted by atomic mass is 32.2. The Morgan fingerprint density at radius 1 is 1.29 bits per heavy atom. The van der Waals surface area contributed by atoms with Gasteiger partial charge in [0.15, 0.2) is 0 Å². The first kappa shape index (κ1) is 15.6. The van der Waals surface area contributed by atoms with Gasteiger partial charge in [0.25, 0.3) is 5.69 Å². The van der Waals surface area contributed by atoms with Crippen molar-refractivity contribution >= 4 is 21.3 Å². The zero-order chi connectivity index (χ0) is 15.5. The van der Waals surface area contributed by atoms with Crippen molar-refractivity contribution in [3.63, 3.8) is 0 Å². The van der Waals surface area contributed by atoms with Gasteiger partial charge in [0, 0.05) is 45.0 Å². The molecule has 1 aliphatic heterocycles. The Hall–Kier alpha value is -1.74. The monoisotopic (exact) mass is 314 g/mol. The lowest BCUT2D eigenvalue weighted by atomic mass is 10.3. The molecule has 116 valence electrons. The Bertz CT molecular complexity index is 594. The maximum Gasteiger partial charge on any atom is 0.287 e. The molecule has 1 fully saturated rings. The van der Waals surface area contributed by atoms with Crippen LogP contribution in [0, 0.1) is 10.1 Å². The minimum absolute atomic E-state index is 0.0226. The van der Waals surface area contributed by atoms with Crippen molar-refractivity contribution in [2.45, 2.75) is 0 Å². The van der Waals surface area contributed by atoms with Gasteiger partial charge in [-0.1, -0.05) is 0 Å². The number of sulfone groups is 1. The Kier molecular flexibility index (Phi) is 4.73. The summed E-state index contributed by atoms with van der Waals surface area (Å²) in [6.07, 6.45) is 2.50. The average Bonchev–Trinajstić information content (AvgIpc) is 2.45. The van der Waals surface area contributed by atoms with Crippen LogP contribution in [-0.4, -0.2) is 68.0 Å². The molecule has 0 atom stereocenters. The van der Waals surface area contributed by atoms with Crippen LogP contribution < -0.4 is 4.90 Å². The van der Waals surface area contributed by atoms with Crippen molar-refractivity contribution in [1.29, 1.82) is 0 Å². The van der Waals surface area contributed by atoms with Gasteiger partial charge >= 0.3 is 0 Å². The summed E-state index contributed by atoms with van der Waals surface area (Å²) in [6.45, 7) is 3.52. The van der Waals surface area contributed by atoms with E-state index in [0.29, 0.717) is 12.4 Å². The second-order valence-corrected chi connectivity index (χ2v) is 7.35. The van der Waals surface area contributed by atoms with E-state index in [1.807, 2.05) is 4.90 Å². The van der Waals surface area contributed by atoms with Crippen molar-refractivity contribution in [1.82, 2.24) is 9.88 Å².